The molecule has 53 heavy (non-hydrogen) atoms. The van der Waals surface area contributed by atoms with Gasteiger partial charge in [-0.25, -0.2) is 0 Å². The highest BCUT2D eigenvalue weighted by molar-refractivity contribution is 8.01. The van der Waals surface area contributed by atoms with E-state index in [0.717, 1.165) is 29.2 Å². The van der Waals surface area contributed by atoms with E-state index in [1.807, 2.05) is 62.2 Å². The van der Waals surface area contributed by atoms with Gasteiger partial charge >= 0.3 is 0 Å². The van der Waals surface area contributed by atoms with E-state index in [-0.39, 0.29) is 0 Å². The van der Waals surface area contributed by atoms with Crippen LogP contribution in [0.25, 0.3) is 61.2 Å². The molecule has 1 unspecified atom stereocenters. The zero-order chi connectivity index (χ0) is 36.1. The maximum absolute atomic E-state index is 5.08. The maximum Gasteiger partial charge on any atom is 0.0910 e. The molecule has 4 aromatic carbocycles. The molecule has 1 aliphatic heterocycles. The van der Waals surface area contributed by atoms with E-state index in [4.69, 9.17) is 4.98 Å². The Morgan fingerprint density at radius 1 is 0.792 bits per heavy atom. The molecular weight excluding hydrogens is 665 g/mol. The lowest BCUT2D eigenvalue weighted by Gasteiger charge is -2.17. The third kappa shape index (κ3) is 6.61. The van der Waals surface area contributed by atoms with Crippen LogP contribution in [-0.4, -0.2) is 26.5 Å². The Morgan fingerprint density at radius 2 is 1.57 bits per heavy atom. The first-order valence-corrected chi connectivity index (χ1v) is 19.1. The smallest absolute Gasteiger partial charge is 0.0910 e. The molecule has 0 spiro atoms. The fraction of sp³-hybridized carbons (Fsp3) is 0.104. The third-order valence-corrected chi connectivity index (χ3v) is 11.1. The van der Waals surface area contributed by atoms with E-state index in [1.165, 1.54) is 60.1 Å². The van der Waals surface area contributed by atoms with Crippen molar-refractivity contribution in [1.82, 2.24) is 14.5 Å². The third-order valence-electron chi connectivity index (χ3n) is 9.69. The Balaban J connectivity index is 0.00000197. The molecule has 0 N–H and O–H groups in total. The summed E-state index contributed by atoms with van der Waals surface area (Å²) in [5, 5.41) is 2.96. The van der Waals surface area contributed by atoms with E-state index in [1.54, 1.807) is 6.20 Å². The van der Waals surface area contributed by atoms with Crippen molar-refractivity contribution in [3.8, 4) is 28.2 Å². The Labute approximate surface area is 315 Å². The summed E-state index contributed by atoms with van der Waals surface area (Å²) in [5.41, 5.74) is 13.9. The van der Waals surface area contributed by atoms with E-state index < -0.39 is 0 Å². The molecule has 5 heteroatoms. The predicted molar refractivity (Wildman–Crippen MR) is 227 cm³/mol. The van der Waals surface area contributed by atoms with Gasteiger partial charge in [0.25, 0.3) is 0 Å². The van der Waals surface area contributed by atoms with Gasteiger partial charge in [0.05, 0.1) is 28.1 Å². The molecule has 0 saturated heterocycles. The van der Waals surface area contributed by atoms with Gasteiger partial charge in [-0.2, -0.15) is 0 Å². The van der Waals surface area contributed by atoms with Crippen molar-refractivity contribution in [1.29, 1.82) is 0 Å². The topological polar surface area (TPSA) is 43.1 Å². The summed E-state index contributed by atoms with van der Waals surface area (Å²) in [6.07, 6.45) is 16.0. The van der Waals surface area contributed by atoms with Crippen LogP contribution in [0.2, 0.25) is 0 Å². The number of fused-ring (bicyclic) bond motifs is 7. The second-order valence-electron chi connectivity index (χ2n) is 12.8. The highest BCUT2D eigenvalue weighted by Crippen LogP contribution is 2.54. The lowest BCUT2D eigenvalue weighted by atomic mass is 9.90. The molecule has 0 fully saturated rings. The van der Waals surface area contributed by atoms with Crippen LogP contribution in [0.3, 0.4) is 0 Å². The molecule has 0 saturated carbocycles. The molecule has 2 aliphatic rings. The first-order chi connectivity index (χ1) is 26.2. The van der Waals surface area contributed by atoms with Gasteiger partial charge in [-0.15, -0.1) is 11.8 Å². The van der Waals surface area contributed by atoms with Crippen molar-refractivity contribution in [2.45, 2.75) is 36.8 Å². The number of aromatic nitrogens is 3. The van der Waals surface area contributed by atoms with E-state index in [9.17, 15) is 0 Å². The van der Waals surface area contributed by atoms with Crippen LogP contribution >= 0.6 is 11.8 Å². The standard InChI is InChI=1S/C46H34N4S.C2H6/c1-47-25-11-4-9-17-35-29-36(30-41(49-35)40-18-10-12-26-48-40)50-42-22-19-33(31-13-5-2-6-14-31)28-39(42)45-43(50)23-21-37-38-27-34(32-15-7-3-8-16-32)20-24-44(38)51-46(37)45;1-2/h2-16,18-23,25-30,44H,1,17,24H2;1-2H3/b9-4-,25-11-;. The molecule has 0 radical (unpaired) electrons. The summed E-state index contributed by atoms with van der Waals surface area (Å²) in [7, 11) is 0. The Morgan fingerprint density at radius 3 is 2.34 bits per heavy atom. The molecule has 0 amide bonds. The van der Waals surface area contributed by atoms with Crippen molar-refractivity contribution in [3.05, 3.63) is 181 Å². The molecule has 9 rings (SSSR count). The Hall–Kier alpha value is -6.04. The summed E-state index contributed by atoms with van der Waals surface area (Å²) in [5.74, 6) is 0. The highest BCUT2D eigenvalue weighted by Gasteiger charge is 2.32. The Kier molecular flexibility index (Phi) is 9.83. The fourth-order valence-corrected chi connectivity index (χ4v) is 8.81. The summed E-state index contributed by atoms with van der Waals surface area (Å²) < 4.78 is 2.42. The summed E-state index contributed by atoms with van der Waals surface area (Å²) in [4.78, 5) is 14.9. The molecule has 1 aliphatic carbocycles. The highest BCUT2D eigenvalue weighted by atomic mass is 32.2. The lowest BCUT2D eigenvalue weighted by molar-refractivity contribution is 1.07. The molecule has 258 valence electrons. The number of nitrogens with zero attached hydrogens (tertiary/aromatic N) is 4. The molecule has 7 aromatic rings. The number of aliphatic imine (C=N–C) groups is 1. The molecule has 4 nitrogen and oxygen atoms in total. The zero-order valence-corrected chi connectivity index (χ0v) is 30.8. The summed E-state index contributed by atoms with van der Waals surface area (Å²) >= 11 is 2.02. The minimum absolute atomic E-state index is 0.397. The first kappa shape index (κ1) is 34.1. The monoisotopic (exact) mass is 704 g/mol. The van der Waals surface area contributed by atoms with Crippen LogP contribution in [0.5, 0.6) is 0 Å². The largest absolute Gasteiger partial charge is 0.309 e. The van der Waals surface area contributed by atoms with Gasteiger partial charge in [-0.05, 0) is 101 Å². The van der Waals surface area contributed by atoms with Crippen molar-refractivity contribution in [3.63, 3.8) is 0 Å². The van der Waals surface area contributed by atoms with Crippen molar-refractivity contribution in [2.24, 2.45) is 4.99 Å². The number of hydrogen-bond acceptors (Lipinski definition) is 4. The normalized spacial score (nSPS) is 14.9. The molecule has 0 bridgehead atoms. The Bertz CT molecular complexity index is 2560. The van der Waals surface area contributed by atoms with Crippen LogP contribution in [0.1, 0.15) is 37.1 Å². The zero-order valence-electron chi connectivity index (χ0n) is 30.0. The van der Waals surface area contributed by atoms with Gasteiger partial charge in [-0.3, -0.25) is 15.0 Å². The van der Waals surface area contributed by atoms with Gasteiger partial charge < -0.3 is 4.57 Å². The minimum atomic E-state index is 0.397. The second-order valence-corrected chi connectivity index (χ2v) is 14.0. The lowest BCUT2D eigenvalue weighted by Crippen LogP contribution is -2.03. The average molecular weight is 705 g/mol. The SMILES string of the molecule is C=N/C=C\C=C/Cc1cc(-n2c3ccc(-c4ccccc4)cc3c3c4c(ccc32)C2=CC(c3ccccc3)=CCC2S4)cc(-c2ccccn2)n1.CC. The molecule has 1 atom stereocenters. The average Bonchev–Trinajstić information content (AvgIpc) is 3.77. The van der Waals surface area contributed by atoms with Crippen LogP contribution < -0.4 is 0 Å². The number of hydrogen-bond donors (Lipinski definition) is 0. The molecular formula is C48H40N4S. The van der Waals surface area contributed by atoms with Crippen LogP contribution in [0.4, 0.5) is 0 Å². The molecule has 4 heterocycles. The number of benzene rings is 4. The van der Waals surface area contributed by atoms with Crippen LogP contribution in [0.15, 0.2) is 174 Å². The van der Waals surface area contributed by atoms with E-state index >= 15 is 0 Å². The summed E-state index contributed by atoms with van der Waals surface area (Å²) in [6, 6.07) is 43.4. The van der Waals surface area contributed by atoms with Gasteiger partial charge in [0.1, 0.15) is 0 Å². The van der Waals surface area contributed by atoms with Crippen molar-refractivity contribution < 1.29 is 0 Å². The fourth-order valence-electron chi connectivity index (χ4n) is 7.36. The second kappa shape index (κ2) is 15.3. The number of rotatable bonds is 8. The quantitative estimate of drug-likeness (QED) is 0.117. The van der Waals surface area contributed by atoms with Gasteiger partial charge in [0, 0.05) is 45.4 Å². The first-order valence-electron chi connectivity index (χ1n) is 18.3. The van der Waals surface area contributed by atoms with Crippen molar-refractivity contribution >= 4 is 51.4 Å². The minimum Gasteiger partial charge on any atom is -0.309 e. The number of allylic oxidation sites excluding steroid dienone is 6. The molecule has 3 aromatic heterocycles. The van der Waals surface area contributed by atoms with E-state index in [0.29, 0.717) is 11.7 Å². The van der Waals surface area contributed by atoms with E-state index in [2.05, 4.69) is 143 Å². The summed E-state index contributed by atoms with van der Waals surface area (Å²) in [6.45, 7) is 7.53. The van der Waals surface area contributed by atoms with Crippen LogP contribution in [-0.2, 0) is 6.42 Å². The van der Waals surface area contributed by atoms with Gasteiger partial charge in [0.15, 0.2) is 0 Å². The number of thioether (sulfide) groups is 1. The maximum atomic E-state index is 5.08. The van der Waals surface area contributed by atoms with Gasteiger partial charge in [0.2, 0.25) is 0 Å². The predicted octanol–water partition coefficient (Wildman–Crippen LogP) is 12.6. The van der Waals surface area contributed by atoms with Gasteiger partial charge in [-0.1, -0.05) is 111 Å². The van der Waals surface area contributed by atoms with Crippen molar-refractivity contribution in [2.75, 3.05) is 0 Å². The van der Waals surface area contributed by atoms with Crippen LogP contribution in [0, 0.1) is 0 Å². The number of pyridine rings is 2.